The number of hydrogen-bond donors (Lipinski definition) is 2. The summed E-state index contributed by atoms with van der Waals surface area (Å²) in [5.41, 5.74) is 0.723. The van der Waals surface area contributed by atoms with Gasteiger partial charge in [-0.05, 0) is 30.7 Å². The first kappa shape index (κ1) is 11.2. The third-order valence-corrected chi connectivity index (χ3v) is 2.62. The second-order valence-electron chi connectivity index (χ2n) is 3.67. The van der Waals surface area contributed by atoms with Gasteiger partial charge in [-0.15, -0.1) is 0 Å². The van der Waals surface area contributed by atoms with Gasteiger partial charge in [-0.25, -0.2) is 4.79 Å². The van der Waals surface area contributed by atoms with E-state index in [0.717, 1.165) is 12.1 Å². The van der Waals surface area contributed by atoms with Crippen molar-refractivity contribution in [2.45, 2.75) is 12.5 Å². The lowest BCUT2D eigenvalue weighted by atomic mass is 10.3. The zero-order valence-electron chi connectivity index (χ0n) is 8.70. The first-order valence-corrected chi connectivity index (χ1v) is 5.52. The van der Waals surface area contributed by atoms with Gasteiger partial charge in [-0.1, -0.05) is 11.6 Å². The van der Waals surface area contributed by atoms with Crippen LogP contribution in [0.4, 0.5) is 10.5 Å². The molecule has 4 nitrogen and oxygen atoms in total. The maximum absolute atomic E-state index is 11.5. The molecule has 1 aromatic carbocycles. The SMILES string of the molecule is O=C(Nc1ccc(Cl)cc1)NC1CCOC1. The Balaban J connectivity index is 1.84. The number of ether oxygens (including phenoxy) is 1. The van der Waals surface area contributed by atoms with Crippen LogP contribution >= 0.6 is 11.6 Å². The molecule has 1 aliphatic heterocycles. The fourth-order valence-electron chi connectivity index (χ4n) is 1.53. The molecule has 0 aromatic heterocycles. The van der Waals surface area contributed by atoms with E-state index in [1.807, 2.05) is 0 Å². The molecule has 16 heavy (non-hydrogen) atoms. The fraction of sp³-hybridized carbons (Fsp3) is 0.364. The predicted molar refractivity (Wildman–Crippen MR) is 62.8 cm³/mol. The maximum Gasteiger partial charge on any atom is 0.319 e. The molecule has 1 atom stereocenters. The standard InChI is InChI=1S/C11H13ClN2O2/c12-8-1-3-9(4-2-8)13-11(15)14-10-5-6-16-7-10/h1-4,10H,5-7H2,(H2,13,14,15). The molecule has 0 radical (unpaired) electrons. The lowest BCUT2D eigenvalue weighted by Crippen LogP contribution is -2.38. The van der Waals surface area contributed by atoms with Crippen molar-refractivity contribution in [3.05, 3.63) is 29.3 Å². The van der Waals surface area contributed by atoms with E-state index in [1.54, 1.807) is 24.3 Å². The summed E-state index contributed by atoms with van der Waals surface area (Å²) in [6.07, 6.45) is 0.869. The van der Waals surface area contributed by atoms with Crippen molar-refractivity contribution in [1.29, 1.82) is 0 Å². The van der Waals surface area contributed by atoms with Crippen LogP contribution in [0.2, 0.25) is 5.02 Å². The van der Waals surface area contributed by atoms with Crippen LogP contribution in [0.25, 0.3) is 0 Å². The van der Waals surface area contributed by atoms with Gasteiger partial charge in [0.2, 0.25) is 0 Å². The lowest BCUT2D eigenvalue weighted by Gasteiger charge is -2.11. The maximum atomic E-state index is 11.5. The number of amides is 2. The van der Waals surface area contributed by atoms with E-state index >= 15 is 0 Å². The summed E-state index contributed by atoms with van der Waals surface area (Å²) in [5, 5.41) is 6.21. The minimum Gasteiger partial charge on any atom is -0.379 e. The predicted octanol–water partition coefficient (Wildman–Crippen LogP) is 2.25. The number of urea groups is 1. The molecule has 2 N–H and O–H groups in total. The number of anilines is 1. The fourth-order valence-corrected chi connectivity index (χ4v) is 1.66. The largest absolute Gasteiger partial charge is 0.379 e. The quantitative estimate of drug-likeness (QED) is 0.833. The zero-order chi connectivity index (χ0) is 11.4. The van der Waals surface area contributed by atoms with Crippen molar-refractivity contribution in [3.63, 3.8) is 0 Å². The topological polar surface area (TPSA) is 50.4 Å². The smallest absolute Gasteiger partial charge is 0.319 e. The van der Waals surface area contributed by atoms with Crippen LogP contribution in [0, 0.1) is 0 Å². The van der Waals surface area contributed by atoms with E-state index < -0.39 is 0 Å². The summed E-state index contributed by atoms with van der Waals surface area (Å²) in [4.78, 5) is 11.5. The normalized spacial score (nSPS) is 19.4. The van der Waals surface area contributed by atoms with Crippen molar-refractivity contribution in [3.8, 4) is 0 Å². The monoisotopic (exact) mass is 240 g/mol. The van der Waals surface area contributed by atoms with Crippen molar-refractivity contribution >= 4 is 23.3 Å². The number of hydrogen-bond acceptors (Lipinski definition) is 2. The minimum absolute atomic E-state index is 0.118. The molecule has 1 fully saturated rings. The Morgan fingerprint density at radius 2 is 2.12 bits per heavy atom. The molecule has 2 rings (SSSR count). The Morgan fingerprint density at radius 3 is 2.75 bits per heavy atom. The Hall–Kier alpha value is -1.26. The van der Waals surface area contributed by atoms with Crippen molar-refractivity contribution in [2.24, 2.45) is 0 Å². The molecule has 86 valence electrons. The molecule has 1 heterocycles. The Bertz CT molecular complexity index is 361. The van der Waals surface area contributed by atoms with Crippen LogP contribution in [0.15, 0.2) is 24.3 Å². The van der Waals surface area contributed by atoms with Crippen molar-refractivity contribution in [2.75, 3.05) is 18.5 Å². The molecular formula is C11H13ClN2O2. The Labute approximate surface area is 98.9 Å². The molecule has 5 heteroatoms. The molecule has 1 aliphatic rings. The Kier molecular flexibility index (Phi) is 3.64. The van der Waals surface area contributed by atoms with Gasteiger partial charge in [0.15, 0.2) is 0 Å². The van der Waals surface area contributed by atoms with Gasteiger partial charge in [-0.3, -0.25) is 0 Å². The molecule has 1 unspecified atom stereocenters. The number of nitrogens with one attached hydrogen (secondary N) is 2. The van der Waals surface area contributed by atoms with Crippen LogP contribution in [-0.4, -0.2) is 25.3 Å². The van der Waals surface area contributed by atoms with Gasteiger partial charge < -0.3 is 15.4 Å². The van der Waals surface area contributed by atoms with Crippen LogP contribution in [0.5, 0.6) is 0 Å². The summed E-state index contributed by atoms with van der Waals surface area (Å²) < 4.78 is 5.16. The third-order valence-electron chi connectivity index (χ3n) is 2.37. The number of benzene rings is 1. The van der Waals surface area contributed by atoms with Crippen LogP contribution in [-0.2, 0) is 4.74 Å². The lowest BCUT2D eigenvalue weighted by molar-refractivity contribution is 0.189. The highest BCUT2D eigenvalue weighted by Crippen LogP contribution is 2.13. The van der Waals surface area contributed by atoms with E-state index in [2.05, 4.69) is 10.6 Å². The molecular weight excluding hydrogens is 228 g/mol. The number of carbonyl (C=O) groups excluding carboxylic acids is 1. The molecule has 0 bridgehead atoms. The van der Waals surface area contributed by atoms with Gasteiger partial charge in [0.1, 0.15) is 0 Å². The van der Waals surface area contributed by atoms with Crippen molar-refractivity contribution in [1.82, 2.24) is 5.32 Å². The summed E-state index contributed by atoms with van der Waals surface area (Å²) in [6, 6.07) is 6.89. The van der Waals surface area contributed by atoms with Gasteiger partial charge in [0.05, 0.1) is 12.6 Å². The highest BCUT2D eigenvalue weighted by Gasteiger charge is 2.17. The second kappa shape index (κ2) is 5.18. The second-order valence-corrected chi connectivity index (χ2v) is 4.10. The first-order valence-electron chi connectivity index (χ1n) is 5.15. The minimum atomic E-state index is -0.210. The summed E-state index contributed by atoms with van der Waals surface area (Å²) in [7, 11) is 0. The molecule has 0 aliphatic carbocycles. The summed E-state index contributed by atoms with van der Waals surface area (Å²) in [6.45, 7) is 1.31. The van der Waals surface area contributed by atoms with Crippen molar-refractivity contribution < 1.29 is 9.53 Å². The van der Waals surface area contributed by atoms with E-state index in [9.17, 15) is 4.79 Å². The average molecular weight is 241 g/mol. The van der Waals surface area contributed by atoms with Gasteiger partial charge in [0.25, 0.3) is 0 Å². The van der Waals surface area contributed by atoms with E-state index in [-0.39, 0.29) is 12.1 Å². The Morgan fingerprint density at radius 1 is 1.38 bits per heavy atom. The molecule has 1 saturated heterocycles. The highest BCUT2D eigenvalue weighted by atomic mass is 35.5. The van der Waals surface area contributed by atoms with E-state index in [4.69, 9.17) is 16.3 Å². The van der Waals surface area contributed by atoms with E-state index in [1.165, 1.54) is 0 Å². The third kappa shape index (κ3) is 3.12. The molecule has 0 spiro atoms. The van der Waals surface area contributed by atoms with Gasteiger partial charge in [0, 0.05) is 17.3 Å². The summed E-state index contributed by atoms with van der Waals surface area (Å²) >= 11 is 5.74. The van der Waals surface area contributed by atoms with Crippen LogP contribution in [0.1, 0.15) is 6.42 Å². The first-order chi connectivity index (χ1) is 7.74. The molecule has 1 aromatic rings. The summed E-state index contributed by atoms with van der Waals surface area (Å²) in [5.74, 6) is 0. The van der Waals surface area contributed by atoms with Gasteiger partial charge >= 0.3 is 6.03 Å². The number of carbonyl (C=O) groups is 1. The highest BCUT2D eigenvalue weighted by molar-refractivity contribution is 6.30. The number of rotatable bonds is 2. The van der Waals surface area contributed by atoms with Crippen LogP contribution < -0.4 is 10.6 Å². The van der Waals surface area contributed by atoms with E-state index in [0.29, 0.717) is 18.2 Å². The zero-order valence-corrected chi connectivity index (χ0v) is 9.46. The molecule has 0 saturated carbocycles. The molecule has 2 amide bonds. The van der Waals surface area contributed by atoms with Crippen LogP contribution in [0.3, 0.4) is 0 Å². The average Bonchev–Trinajstić information content (AvgIpc) is 2.74. The van der Waals surface area contributed by atoms with Gasteiger partial charge in [-0.2, -0.15) is 0 Å². The number of halogens is 1.